The molecule has 212 valence electrons. The van der Waals surface area contributed by atoms with Gasteiger partial charge in [0, 0.05) is 24.7 Å². The van der Waals surface area contributed by atoms with Crippen molar-refractivity contribution in [2.75, 3.05) is 0 Å². The molecule has 0 amide bonds. The Balaban J connectivity index is 2.32. The van der Waals surface area contributed by atoms with Crippen molar-refractivity contribution in [3.63, 3.8) is 0 Å². The molecule has 1 aliphatic rings. The van der Waals surface area contributed by atoms with Crippen LogP contribution in [0.5, 0.6) is 11.5 Å². The predicted octanol–water partition coefficient (Wildman–Crippen LogP) is 5.10. The largest absolute Gasteiger partial charge is 0.508 e. The Labute approximate surface area is 224 Å². The van der Waals surface area contributed by atoms with Gasteiger partial charge in [-0.3, -0.25) is 14.4 Å². The van der Waals surface area contributed by atoms with Gasteiger partial charge < -0.3 is 29.8 Å². The molecule has 38 heavy (non-hydrogen) atoms. The number of benzene rings is 1. The van der Waals surface area contributed by atoms with E-state index in [2.05, 4.69) is 0 Å². The fraction of sp³-hybridized carbons (Fsp3) is 0.643. The predicted molar refractivity (Wildman–Crippen MR) is 139 cm³/mol. The third kappa shape index (κ3) is 9.31. The van der Waals surface area contributed by atoms with Gasteiger partial charge >= 0.3 is 24.1 Å². The molecule has 3 unspecified atom stereocenters. The second-order valence-electron chi connectivity index (χ2n) is 9.85. The Morgan fingerprint density at radius 1 is 0.947 bits per heavy atom. The number of ether oxygens (including phenoxy) is 4. The van der Waals surface area contributed by atoms with Crippen molar-refractivity contribution >= 4 is 24.1 Å². The van der Waals surface area contributed by atoms with E-state index in [0.29, 0.717) is 18.4 Å². The molecule has 0 heterocycles. The van der Waals surface area contributed by atoms with Crippen molar-refractivity contribution in [3.8, 4) is 11.5 Å². The molecular formula is C28H41NO9. The molecule has 10 heteroatoms. The zero-order chi connectivity index (χ0) is 28.2. The molecule has 0 spiro atoms. The summed E-state index contributed by atoms with van der Waals surface area (Å²) in [5.74, 6) is -3.62. The first kappa shape index (κ1) is 31.1. The number of rotatable bonds is 13. The van der Waals surface area contributed by atoms with Gasteiger partial charge in [-0.05, 0) is 63.1 Å². The van der Waals surface area contributed by atoms with Crippen LogP contribution in [0.1, 0.15) is 97.0 Å². The number of carboxylic acid groups (broad SMARTS) is 1. The topological polar surface area (TPSA) is 151 Å². The van der Waals surface area contributed by atoms with Crippen LogP contribution in [0.15, 0.2) is 18.2 Å². The summed E-state index contributed by atoms with van der Waals surface area (Å²) >= 11 is 0. The van der Waals surface area contributed by atoms with Crippen LogP contribution in [0.4, 0.5) is 4.79 Å². The third-order valence-corrected chi connectivity index (χ3v) is 6.78. The quantitative estimate of drug-likeness (QED) is 0.258. The van der Waals surface area contributed by atoms with E-state index >= 15 is 0 Å². The first-order chi connectivity index (χ1) is 18.1. The van der Waals surface area contributed by atoms with E-state index in [-0.39, 0.29) is 30.4 Å². The Morgan fingerprint density at radius 2 is 1.53 bits per heavy atom. The number of nitrogens with two attached hydrogens (primary N) is 1. The first-order valence-electron chi connectivity index (χ1n) is 13.5. The van der Waals surface area contributed by atoms with Crippen LogP contribution in [-0.4, -0.2) is 47.4 Å². The number of carboxylic acids is 1. The van der Waals surface area contributed by atoms with Gasteiger partial charge in [-0.15, -0.1) is 0 Å². The molecule has 10 nitrogen and oxygen atoms in total. The molecule has 2 rings (SSSR count). The van der Waals surface area contributed by atoms with Crippen LogP contribution in [-0.2, 0) is 23.9 Å². The zero-order valence-electron chi connectivity index (χ0n) is 22.8. The highest BCUT2D eigenvalue weighted by Crippen LogP contribution is 2.37. The number of esters is 2. The summed E-state index contributed by atoms with van der Waals surface area (Å²) in [6, 6.07) is 3.12. The van der Waals surface area contributed by atoms with E-state index < -0.39 is 48.0 Å². The summed E-state index contributed by atoms with van der Waals surface area (Å²) in [7, 11) is 0. The summed E-state index contributed by atoms with van der Waals surface area (Å²) in [4.78, 5) is 48.8. The lowest BCUT2D eigenvalue weighted by Gasteiger charge is -2.32. The Morgan fingerprint density at radius 3 is 2.08 bits per heavy atom. The lowest BCUT2D eigenvalue weighted by molar-refractivity contribution is -0.140. The minimum atomic E-state index is -1.36. The van der Waals surface area contributed by atoms with E-state index in [1.807, 2.05) is 13.8 Å². The molecule has 0 bridgehead atoms. The fourth-order valence-corrected chi connectivity index (χ4v) is 4.54. The SMILES string of the molecule is CCCC(=O)Oc1ccc(C(C(C)C(C)OC(=O)OC2CCCCC2)[C@H](N)C(=O)O)cc1OC(=O)CCC. The van der Waals surface area contributed by atoms with Gasteiger partial charge in [-0.2, -0.15) is 0 Å². The Kier molecular flexibility index (Phi) is 12.5. The minimum absolute atomic E-state index is 0.00882. The summed E-state index contributed by atoms with van der Waals surface area (Å²) in [5.41, 5.74) is 6.53. The minimum Gasteiger partial charge on any atom is -0.480 e. The average molecular weight is 536 g/mol. The van der Waals surface area contributed by atoms with Gasteiger partial charge in [-0.25, -0.2) is 4.79 Å². The van der Waals surface area contributed by atoms with E-state index in [1.54, 1.807) is 19.9 Å². The van der Waals surface area contributed by atoms with E-state index in [9.17, 15) is 24.3 Å². The second-order valence-corrected chi connectivity index (χ2v) is 9.85. The van der Waals surface area contributed by atoms with Gasteiger partial charge in [0.25, 0.3) is 0 Å². The lowest BCUT2D eigenvalue weighted by Crippen LogP contribution is -2.43. The molecule has 1 saturated carbocycles. The molecule has 1 aliphatic carbocycles. The monoisotopic (exact) mass is 535 g/mol. The van der Waals surface area contributed by atoms with Gasteiger partial charge in [0.05, 0.1) is 0 Å². The highest BCUT2D eigenvalue weighted by Gasteiger charge is 2.36. The molecule has 0 radical (unpaired) electrons. The Hall–Kier alpha value is -3.14. The van der Waals surface area contributed by atoms with E-state index in [4.69, 9.17) is 24.7 Å². The molecule has 1 fully saturated rings. The summed E-state index contributed by atoms with van der Waals surface area (Å²) in [6.45, 7) is 7.03. The number of carbonyl (C=O) groups is 4. The van der Waals surface area contributed by atoms with Crippen LogP contribution in [0.25, 0.3) is 0 Å². The summed E-state index contributed by atoms with van der Waals surface area (Å²) < 4.78 is 21.8. The molecule has 3 N–H and O–H groups in total. The van der Waals surface area contributed by atoms with Gasteiger partial charge in [-0.1, -0.05) is 33.3 Å². The van der Waals surface area contributed by atoms with Crippen LogP contribution in [0.3, 0.4) is 0 Å². The van der Waals surface area contributed by atoms with Crippen molar-refractivity contribution in [1.29, 1.82) is 0 Å². The van der Waals surface area contributed by atoms with E-state index in [0.717, 1.165) is 32.1 Å². The van der Waals surface area contributed by atoms with Gasteiger partial charge in [0.15, 0.2) is 11.5 Å². The van der Waals surface area contributed by atoms with Crippen molar-refractivity contribution in [1.82, 2.24) is 0 Å². The number of aliphatic carboxylic acids is 1. The summed E-state index contributed by atoms with van der Waals surface area (Å²) in [5, 5.41) is 9.75. The van der Waals surface area contributed by atoms with Gasteiger partial charge in [0.2, 0.25) is 0 Å². The molecule has 0 aromatic heterocycles. The number of hydrogen-bond acceptors (Lipinski definition) is 9. The maximum atomic E-state index is 12.4. The van der Waals surface area contributed by atoms with Crippen molar-refractivity contribution in [2.45, 2.75) is 110 Å². The molecule has 0 saturated heterocycles. The third-order valence-electron chi connectivity index (χ3n) is 6.78. The van der Waals surface area contributed by atoms with Crippen molar-refractivity contribution in [2.24, 2.45) is 11.7 Å². The highest BCUT2D eigenvalue weighted by atomic mass is 16.7. The van der Waals surface area contributed by atoms with Crippen molar-refractivity contribution in [3.05, 3.63) is 23.8 Å². The fourth-order valence-electron chi connectivity index (χ4n) is 4.54. The number of carbonyl (C=O) groups excluding carboxylic acids is 3. The van der Waals surface area contributed by atoms with E-state index in [1.165, 1.54) is 12.1 Å². The standard InChI is InChI=1S/C28H41NO9/c1-5-10-23(30)37-21-15-14-19(16-22(21)38-24(31)11-6-2)25(26(29)27(32)33)17(3)18(4)35-28(34)36-20-12-8-7-9-13-20/h14-18,20,25-26H,5-13,29H2,1-4H3,(H,32,33)/t17?,18?,25?,26-/m0/s1. The maximum absolute atomic E-state index is 12.4. The molecule has 1 aromatic carbocycles. The number of hydrogen-bond donors (Lipinski definition) is 2. The molecule has 0 aliphatic heterocycles. The van der Waals surface area contributed by atoms with Crippen LogP contribution < -0.4 is 15.2 Å². The Bertz CT molecular complexity index is 958. The van der Waals surface area contributed by atoms with Crippen molar-refractivity contribution < 1.29 is 43.2 Å². The second kappa shape index (κ2) is 15.3. The lowest BCUT2D eigenvalue weighted by atomic mass is 9.79. The average Bonchev–Trinajstić information content (AvgIpc) is 2.86. The van der Waals surface area contributed by atoms with Crippen LogP contribution in [0, 0.1) is 5.92 Å². The van der Waals surface area contributed by atoms with Crippen LogP contribution >= 0.6 is 0 Å². The smallest absolute Gasteiger partial charge is 0.480 e. The maximum Gasteiger partial charge on any atom is 0.508 e. The molecule has 1 aromatic rings. The normalized spacial score (nSPS) is 17.0. The van der Waals surface area contributed by atoms with Crippen LogP contribution in [0.2, 0.25) is 0 Å². The van der Waals surface area contributed by atoms with Gasteiger partial charge in [0.1, 0.15) is 18.2 Å². The zero-order valence-corrected chi connectivity index (χ0v) is 22.8. The molecule has 4 atom stereocenters. The highest BCUT2D eigenvalue weighted by molar-refractivity contribution is 5.77. The summed E-state index contributed by atoms with van der Waals surface area (Å²) in [6.07, 6.45) is 4.43. The first-order valence-corrected chi connectivity index (χ1v) is 13.5. The molecular weight excluding hydrogens is 494 g/mol.